The van der Waals surface area contributed by atoms with Gasteiger partial charge in [-0.15, -0.1) is 0 Å². The van der Waals surface area contributed by atoms with Crippen molar-refractivity contribution in [1.29, 1.82) is 0 Å². The Morgan fingerprint density at radius 1 is 1.00 bits per heavy atom. The van der Waals surface area contributed by atoms with Crippen LogP contribution in [0.15, 0.2) is 48.5 Å². The fourth-order valence-electron chi connectivity index (χ4n) is 5.25. The normalized spacial score (nSPS) is 19.1. The minimum absolute atomic E-state index is 0.0749. The second kappa shape index (κ2) is 10.5. The second-order valence-electron chi connectivity index (χ2n) is 9.67. The highest BCUT2D eigenvalue weighted by Crippen LogP contribution is 2.27. The van der Waals surface area contributed by atoms with E-state index >= 15 is 0 Å². The highest BCUT2D eigenvalue weighted by Gasteiger charge is 2.32. The number of carbonyl (C=O) groups excluding carboxylic acids is 1. The molecule has 7 nitrogen and oxygen atoms in total. The van der Waals surface area contributed by atoms with Crippen molar-refractivity contribution >= 4 is 22.8 Å². The van der Waals surface area contributed by atoms with E-state index in [0.29, 0.717) is 18.4 Å². The first-order chi connectivity index (χ1) is 17.1. The van der Waals surface area contributed by atoms with E-state index in [1.165, 1.54) is 0 Å². The van der Waals surface area contributed by atoms with Gasteiger partial charge < -0.3 is 19.3 Å². The van der Waals surface area contributed by atoms with Gasteiger partial charge in [0.25, 0.3) is 0 Å². The minimum Gasteiger partial charge on any atom is -0.497 e. The fraction of sp³-hybridized carbons (Fsp3) is 0.464. The zero-order valence-corrected chi connectivity index (χ0v) is 20.7. The van der Waals surface area contributed by atoms with Gasteiger partial charge in [-0.3, -0.25) is 4.79 Å². The van der Waals surface area contributed by atoms with Gasteiger partial charge in [-0.05, 0) is 50.8 Å². The maximum Gasteiger partial charge on any atom is 0.226 e. The average Bonchev–Trinajstić information content (AvgIpc) is 2.92. The van der Waals surface area contributed by atoms with Crippen LogP contribution < -0.4 is 14.4 Å². The molecule has 0 saturated carbocycles. The lowest BCUT2D eigenvalue weighted by atomic mass is 9.92. The highest BCUT2D eigenvalue weighted by atomic mass is 16.5. The summed E-state index contributed by atoms with van der Waals surface area (Å²) in [5.41, 5.74) is 1.98. The van der Waals surface area contributed by atoms with E-state index in [9.17, 15) is 4.79 Å². The molecule has 0 spiro atoms. The molecule has 0 bridgehead atoms. The summed E-state index contributed by atoms with van der Waals surface area (Å²) in [5, 5.41) is 1.09. The summed E-state index contributed by atoms with van der Waals surface area (Å²) in [6, 6.07) is 15.8. The van der Waals surface area contributed by atoms with E-state index < -0.39 is 0 Å². The molecule has 0 unspecified atom stereocenters. The number of hydrogen-bond acceptors (Lipinski definition) is 6. The smallest absolute Gasteiger partial charge is 0.226 e. The predicted octanol–water partition coefficient (Wildman–Crippen LogP) is 4.48. The van der Waals surface area contributed by atoms with E-state index in [-0.39, 0.29) is 5.92 Å². The zero-order valence-electron chi connectivity index (χ0n) is 20.7. The Kier molecular flexibility index (Phi) is 7.02. The number of ether oxygens (including phenoxy) is 2. The van der Waals surface area contributed by atoms with Crippen molar-refractivity contribution in [2.75, 3.05) is 44.8 Å². The standard InChI is InChI=1S/C28H34N4O3/c1-20-25-10-3-4-11-26(25)30-28(29-20)31-15-12-22(13-16-31)27(33)32-14-6-7-21(18-32)19-35-24-9-5-8-23(17-24)34-2/h3-5,8-11,17,21-22H,6-7,12-16,18-19H2,1-2H3/t21-/m0/s1. The molecule has 5 rings (SSSR count). The van der Waals surface area contributed by atoms with Gasteiger partial charge in [0, 0.05) is 49.5 Å². The number of fused-ring (bicyclic) bond motifs is 1. The molecule has 184 valence electrons. The quantitative estimate of drug-likeness (QED) is 0.525. The fourth-order valence-corrected chi connectivity index (χ4v) is 5.25. The number of carbonyl (C=O) groups is 1. The first kappa shape index (κ1) is 23.4. The molecule has 35 heavy (non-hydrogen) atoms. The number of nitrogens with zero attached hydrogens (tertiary/aromatic N) is 4. The number of para-hydroxylation sites is 1. The molecular formula is C28H34N4O3. The molecule has 0 aliphatic carbocycles. The van der Waals surface area contributed by atoms with Gasteiger partial charge in [-0.25, -0.2) is 9.97 Å². The maximum absolute atomic E-state index is 13.3. The van der Waals surface area contributed by atoms with Crippen LogP contribution in [0.1, 0.15) is 31.4 Å². The number of rotatable bonds is 6. The van der Waals surface area contributed by atoms with E-state index in [1.54, 1.807) is 7.11 Å². The number of benzene rings is 2. The predicted molar refractivity (Wildman–Crippen MR) is 137 cm³/mol. The number of piperidine rings is 2. The summed E-state index contributed by atoms with van der Waals surface area (Å²) >= 11 is 0. The molecule has 1 amide bonds. The Labute approximate surface area is 207 Å². The van der Waals surface area contributed by atoms with Crippen LogP contribution in [0, 0.1) is 18.8 Å². The molecule has 2 aliphatic heterocycles. The molecule has 2 aliphatic rings. The summed E-state index contributed by atoms with van der Waals surface area (Å²) in [6.45, 7) is 5.90. The van der Waals surface area contributed by atoms with E-state index in [0.717, 1.165) is 85.9 Å². The Morgan fingerprint density at radius 3 is 2.63 bits per heavy atom. The SMILES string of the molecule is COc1cccc(OC[C@H]2CCCN(C(=O)C3CCN(c4nc(C)c5ccccc5n4)CC3)C2)c1. The first-order valence-electron chi connectivity index (χ1n) is 12.6. The Balaban J connectivity index is 1.15. The van der Waals surface area contributed by atoms with Crippen molar-refractivity contribution in [1.82, 2.24) is 14.9 Å². The third-order valence-corrected chi connectivity index (χ3v) is 7.27. The average molecular weight is 475 g/mol. The van der Waals surface area contributed by atoms with Crippen molar-refractivity contribution in [3.05, 3.63) is 54.2 Å². The Bertz CT molecular complexity index is 1180. The topological polar surface area (TPSA) is 67.8 Å². The second-order valence-corrected chi connectivity index (χ2v) is 9.67. The zero-order chi connectivity index (χ0) is 24.2. The van der Waals surface area contributed by atoms with Crippen LogP contribution in [0.2, 0.25) is 0 Å². The van der Waals surface area contributed by atoms with Crippen LogP contribution in [-0.2, 0) is 4.79 Å². The van der Waals surface area contributed by atoms with Gasteiger partial charge >= 0.3 is 0 Å². The largest absolute Gasteiger partial charge is 0.497 e. The monoisotopic (exact) mass is 474 g/mol. The lowest BCUT2D eigenvalue weighted by Crippen LogP contribution is -2.47. The van der Waals surface area contributed by atoms with Crippen LogP contribution >= 0.6 is 0 Å². The summed E-state index contributed by atoms with van der Waals surface area (Å²) in [4.78, 5) is 27.2. The first-order valence-corrected chi connectivity index (χ1v) is 12.6. The van der Waals surface area contributed by atoms with Gasteiger partial charge in [-0.1, -0.05) is 24.3 Å². The van der Waals surface area contributed by atoms with Crippen molar-refractivity contribution in [3.8, 4) is 11.5 Å². The number of likely N-dealkylation sites (tertiary alicyclic amines) is 1. The van der Waals surface area contributed by atoms with Crippen molar-refractivity contribution in [2.45, 2.75) is 32.6 Å². The van der Waals surface area contributed by atoms with Crippen LogP contribution in [0.4, 0.5) is 5.95 Å². The Hall–Kier alpha value is -3.35. The lowest BCUT2D eigenvalue weighted by molar-refractivity contribution is -0.138. The van der Waals surface area contributed by atoms with Crippen molar-refractivity contribution < 1.29 is 14.3 Å². The molecule has 0 N–H and O–H groups in total. The maximum atomic E-state index is 13.3. The van der Waals surface area contributed by atoms with Crippen LogP contribution in [0.5, 0.6) is 11.5 Å². The van der Waals surface area contributed by atoms with E-state index in [4.69, 9.17) is 19.4 Å². The third kappa shape index (κ3) is 5.34. The molecular weight excluding hydrogens is 440 g/mol. The lowest BCUT2D eigenvalue weighted by Gasteiger charge is -2.37. The van der Waals surface area contributed by atoms with Crippen LogP contribution in [0.3, 0.4) is 0 Å². The molecule has 0 radical (unpaired) electrons. The van der Waals surface area contributed by atoms with Crippen LogP contribution in [0.25, 0.3) is 10.9 Å². The molecule has 3 aromatic rings. The number of aryl methyl sites for hydroxylation is 1. The van der Waals surface area contributed by atoms with Crippen molar-refractivity contribution in [2.24, 2.45) is 11.8 Å². The molecule has 1 aromatic heterocycles. The molecule has 7 heteroatoms. The number of anilines is 1. The number of hydrogen-bond donors (Lipinski definition) is 0. The summed E-state index contributed by atoms with van der Waals surface area (Å²) < 4.78 is 11.3. The van der Waals surface area contributed by atoms with Crippen LogP contribution in [-0.4, -0.2) is 60.7 Å². The number of amides is 1. The molecule has 2 fully saturated rings. The Morgan fingerprint density at radius 2 is 1.80 bits per heavy atom. The van der Waals surface area contributed by atoms with Gasteiger partial charge in [0.1, 0.15) is 11.5 Å². The summed E-state index contributed by atoms with van der Waals surface area (Å²) in [7, 11) is 1.66. The third-order valence-electron chi connectivity index (χ3n) is 7.27. The van der Waals surface area contributed by atoms with Crippen molar-refractivity contribution in [3.63, 3.8) is 0 Å². The van der Waals surface area contributed by atoms with Gasteiger partial charge in [-0.2, -0.15) is 0 Å². The van der Waals surface area contributed by atoms with Gasteiger partial charge in [0.2, 0.25) is 11.9 Å². The number of aromatic nitrogens is 2. The van der Waals surface area contributed by atoms with Gasteiger partial charge in [0.15, 0.2) is 0 Å². The summed E-state index contributed by atoms with van der Waals surface area (Å²) in [6.07, 6.45) is 3.80. The molecule has 1 atom stereocenters. The van der Waals surface area contributed by atoms with Gasteiger partial charge in [0.05, 0.1) is 24.9 Å². The highest BCUT2D eigenvalue weighted by molar-refractivity contribution is 5.82. The molecule has 2 aromatic carbocycles. The molecule has 2 saturated heterocycles. The minimum atomic E-state index is 0.0749. The summed E-state index contributed by atoms with van der Waals surface area (Å²) in [5.74, 6) is 3.11. The number of methoxy groups -OCH3 is 1. The van der Waals surface area contributed by atoms with E-state index in [2.05, 4.69) is 15.9 Å². The molecule has 3 heterocycles. The van der Waals surface area contributed by atoms with E-state index in [1.807, 2.05) is 49.4 Å².